The van der Waals surface area contributed by atoms with Crippen LogP contribution in [0.15, 0.2) is 18.2 Å². The molecule has 17 heavy (non-hydrogen) atoms. The first-order valence-electron chi connectivity index (χ1n) is 5.24. The largest absolute Gasteiger partial charge is 0.416 e. The van der Waals surface area contributed by atoms with E-state index in [1.165, 1.54) is 12.1 Å². The molecule has 0 saturated carbocycles. The molecule has 0 fully saturated rings. The summed E-state index contributed by atoms with van der Waals surface area (Å²) in [6.45, 7) is 3.58. The lowest BCUT2D eigenvalue weighted by Crippen LogP contribution is -2.32. The third kappa shape index (κ3) is 4.56. The molecule has 0 heterocycles. The zero-order valence-corrected chi connectivity index (χ0v) is 10.5. The molecular formula is C12H15ClF3N. The number of nitrogens with two attached hydrogens (primary N) is 1. The van der Waals surface area contributed by atoms with Gasteiger partial charge in [0.15, 0.2) is 0 Å². The normalized spacial score (nSPS) is 12.9. The lowest BCUT2D eigenvalue weighted by molar-refractivity contribution is -0.138. The second kappa shape index (κ2) is 4.86. The molecule has 1 aromatic rings. The molecule has 1 nitrogen and oxygen atoms in total. The van der Waals surface area contributed by atoms with E-state index < -0.39 is 17.3 Å². The Kier molecular flexibility index (Phi) is 4.10. The molecule has 0 aliphatic heterocycles. The van der Waals surface area contributed by atoms with Crippen LogP contribution < -0.4 is 5.73 Å². The number of hydrogen-bond donors (Lipinski definition) is 1. The number of aryl methyl sites for hydroxylation is 1. The van der Waals surface area contributed by atoms with E-state index in [2.05, 4.69) is 0 Å². The van der Waals surface area contributed by atoms with E-state index in [1.54, 1.807) is 13.8 Å². The highest BCUT2D eigenvalue weighted by Crippen LogP contribution is 2.34. The summed E-state index contributed by atoms with van der Waals surface area (Å²) in [5.41, 5.74) is 4.85. The number of halogens is 4. The van der Waals surface area contributed by atoms with E-state index in [0.29, 0.717) is 6.42 Å². The molecule has 5 heteroatoms. The SMILES string of the molecule is CC(C)(N)CCc1ccc(Cl)cc1C(F)(F)F. The Labute approximate surface area is 104 Å². The van der Waals surface area contributed by atoms with Crippen molar-refractivity contribution >= 4 is 11.6 Å². The highest BCUT2D eigenvalue weighted by atomic mass is 35.5. The average molecular weight is 266 g/mol. The fourth-order valence-corrected chi connectivity index (χ4v) is 1.66. The predicted octanol–water partition coefficient (Wildman–Crippen LogP) is 4.03. The van der Waals surface area contributed by atoms with Crippen molar-refractivity contribution in [2.45, 2.75) is 38.4 Å². The van der Waals surface area contributed by atoms with Crippen molar-refractivity contribution in [3.05, 3.63) is 34.3 Å². The maximum Gasteiger partial charge on any atom is 0.416 e. The molecule has 0 saturated heterocycles. The summed E-state index contributed by atoms with van der Waals surface area (Å²) in [5.74, 6) is 0. The monoisotopic (exact) mass is 265 g/mol. The summed E-state index contributed by atoms with van der Waals surface area (Å²) in [4.78, 5) is 0. The van der Waals surface area contributed by atoms with Gasteiger partial charge in [-0.3, -0.25) is 0 Å². The zero-order chi connectivity index (χ0) is 13.3. The average Bonchev–Trinajstić information content (AvgIpc) is 2.13. The topological polar surface area (TPSA) is 26.0 Å². The first-order valence-corrected chi connectivity index (χ1v) is 5.62. The van der Waals surface area contributed by atoms with E-state index in [9.17, 15) is 13.2 Å². The molecule has 1 aromatic carbocycles. The molecule has 0 amide bonds. The van der Waals surface area contributed by atoms with Gasteiger partial charge >= 0.3 is 6.18 Å². The van der Waals surface area contributed by atoms with Gasteiger partial charge < -0.3 is 5.73 Å². The van der Waals surface area contributed by atoms with Gasteiger partial charge in [0.25, 0.3) is 0 Å². The van der Waals surface area contributed by atoms with Crippen LogP contribution >= 0.6 is 11.6 Å². The zero-order valence-electron chi connectivity index (χ0n) is 9.74. The van der Waals surface area contributed by atoms with Gasteiger partial charge in [0, 0.05) is 10.6 Å². The van der Waals surface area contributed by atoms with Crippen LogP contribution in [0.1, 0.15) is 31.4 Å². The molecular weight excluding hydrogens is 251 g/mol. The third-order valence-electron chi connectivity index (χ3n) is 2.42. The lowest BCUT2D eigenvalue weighted by Gasteiger charge is -2.20. The fraction of sp³-hybridized carbons (Fsp3) is 0.500. The Bertz CT molecular complexity index is 394. The molecule has 0 atom stereocenters. The van der Waals surface area contributed by atoms with Crippen molar-refractivity contribution in [2.24, 2.45) is 5.73 Å². The molecule has 0 aliphatic carbocycles. The molecule has 96 valence electrons. The maximum absolute atomic E-state index is 12.8. The number of hydrogen-bond acceptors (Lipinski definition) is 1. The molecule has 0 unspecified atom stereocenters. The summed E-state index contributed by atoms with van der Waals surface area (Å²) in [6, 6.07) is 3.84. The van der Waals surface area contributed by atoms with Crippen LogP contribution in [0, 0.1) is 0 Å². The molecule has 1 rings (SSSR count). The minimum Gasteiger partial charge on any atom is -0.326 e. The van der Waals surface area contributed by atoms with E-state index in [-0.39, 0.29) is 17.0 Å². The minimum absolute atomic E-state index is 0.0908. The van der Waals surface area contributed by atoms with Gasteiger partial charge in [-0.1, -0.05) is 17.7 Å². The first-order chi connectivity index (χ1) is 7.59. The van der Waals surface area contributed by atoms with Crippen LogP contribution in [0.5, 0.6) is 0 Å². The van der Waals surface area contributed by atoms with Gasteiger partial charge in [-0.2, -0.15) is 13.2 Å². The van der Waals surface area contributed by atoms with Crippen molar-refractivity contribution in [3.63, 3.8) is 0 Å². The molecule has 0 bridgehead atoms. The number of alkyl halides is 3. The van der Waals surface area contributed by atoms with E-state index in [0.717, 1.165) is 6.07 Å². The van der Waals surface area contributed by atoms with Gasteiger partial charge in [-0.25, -0.2) is 0 Å². The van der Waals surface area contributed by atoms with Crippen molar-refractivity contribution in [3.8, 4) is 0 Å². The van der Waals surface area contributed by atoms with Gasteiger partial charge in [0.05, 0.1) is 5.56 Å². The molecule has 0 aliphatic rings. The van der Waals surface area contributed by atoms with Gasteiger partial charge in [-0.15, -0.1) is 0 Å². The number of benzene rings is 1. The molecule has 0 radical (unpaired) electrons. The maximum atomic E-state index is 12.8. The van der Waals surface area contributed by atoms with Crippen LogP contribution in [-0.4, -0.2) is 5.54 Å². The van der Waals surface area contributed by atoms with Crippen LogP contribution in [0.2, 0.25) is 5.02 Å². The standard InChI is InChI=1S/C12H15ClF3N/c1-11(2,17)6-5-8-3-4-9(13)7-10(8)12(14,15)16/h3-4,7H,5-6,17H2,1-2H3. The third-order valence-corrected chi connectivity index (χ3v) is 2.65. The van der Waals surface area contributed by atoms with Crippen molar-refractivity contribution < 1.29 is 13.2 Å². The van der Waals surface area contributed by atoms with Crippen LogP contribution in [0.3, 0.4) is 0 Å². The summed E-state index contributed by atoms with van der Waals surface area (Å²) in [7, 11) is 0. The van der Waals surface area contributed by atoms with Crippen molar-refractivity contribution in [1.29, 1.82) is 0 Å². The van der Waals surface area contributed by atoms with Crippen molar-refractivity contribution in [1.82, 2.24) is 0 Å². The second-order valence-electron chi connectivity index (χ2n) is 4.79. The Morgan fingerprint density at radius 1 is 1.24 bits per heavy atom. The summed E-state index contributed by atoms with van der Waals surface area (Å²) >= 11 is 5.59. The quantitative estimate of drug-likeness (QED) is 0.877. The molecule has 0 spiro atoms. The smallest absolute Gasteiger partial charge is 0.326 e. The second-order valence-corrected chi connectivity index (χ2v) is 5.22. The highest BCUT2D eigenvalue weighted by molar-refractivity contribution is 6.30. The fourth-order valence-electron chi connectivity index (χ4n) is 1.49. The van der Waals surface area contributed by atoms with Gasteiger partial charge in [0.1, 0.15) is 0 Å². The van der Waals surface area contributed by atoms with E-state index in [1.807, 2.05) is 0 Å². The Morgan fingerprint density at radius 3 is 2.29 bits per heavy atom. The van der Waals surface area contributed by atoms with Gasteiger partial charge in [0.2, 0.25) is 0 Å². The van der Waals surface area contributed by atoms with Crippen LogP contribution in [-0.2, 0) is 12.6 Å². The predicted molar refractivity (Wildman–Crippen MR) is 63.0 cm³/mol. The summed E-state index contributed by atoms with van der Waals surface area (Å²) < 4.78 is 38.3. The Hall–Kier alpha value is -0.740. The van der Waals surface area contributed by atoms with E-state index >= 15 is 0 Å². The highest BCUT2D eigenvalue weighted by Gasteiger charge is 2.33. The molecule has 2 N–H and O–H groups in total. The summed E-state index contributed by atoms with van der Waals surface area (Å²) in [5, 5.41) is 0.0908. The van der Waals surface area contributed by atoms with Gasteiger partial charge in [-0.05, 0) is 44.4 Å². The summed E-state index contributed by atoms with van der Waals surface area (Å²) in [6.07, 6.45) is -3.60. The lowest BCUT2D eigenvalue weighted by atomic mass is 9.94. The first kappa shape index (κ1) is 14.3. The Morgan fingerprint density at radius 2 is 1.82 bits per heavy atom. The minimum atomic E-state index is -4.38. The van der Waals surface area contributed by atoms with Crippen LogP contribution in [0.4, 0.5) is 13.2 Å². The number of rotatable bonds is 3. The van der Waals surface area contributed by atoms with E-state index in [4.69, 9.17) is 17.3 Å². The molecule has 0 aromatic heterocycles. The Balaban J connectivity index is 2.99. The van der Waals surface area contributed by atoms with Crippen LogP contribution in [0.25, 0.3) is 0 Å². The van der Waals surface area contributed by atoms with Crippen molar-refractivity contribution in [2.75, 3.05) is 0 Å².